The summed E-state index contributed by atoms with van der Waals surface area (Å²) < 4.78 is 15.9. The molecular weight excluding hydrogens is 208 g/mol. The zero-order valence-corrected chi connectivity index (χ0v) is 9.78. The summed E-state index contributed by atoms with van der Waals surface area (Å²) in [6, 6.07) is 3.29. The molecule has 0 aliphatic rings. The van der Waals surface area contributed by atoms with Crippen LogP contribution in [-0.2, 0) is 0 Å². The Morgan fingerprint density at radius 1 is 1.06 bits per heavy atom. The van der Waals surface area contributed by atoms with Crippen molar-refractivity contribution >= 4 is 6.29 Å². The largest absolute Gasteiger partial charge is 0.496 e. The molecule has 0 spiro atoms. The Hall–Kier alpha value is -1.71. The van der Waals surface area contributed by atoms with E-state index in [1.165, 1.54) is 7.11 Å². The second-order valence-corrected chi connectivity index (χ2v) is 3.02. The van der Waals surface area contributed by atoms with E-state index in [0.29, 0.717) is 36.0 Å². The molecule has 1 aromatic carbocycles. The van der Waals surface area contributed by atoms with Crippen LogP contribution in [0.5, 0.6) is 17.2 Å². The van der Waals surface area contributed by atoms with E-state index in [2.05, 4.69) is 0 Å². The van der Waals surface area contributed by atoms with Crippen molar-refractivity contribution in [3.05, 3.63) is 17.7 Å². The minimum atomic E-state index is 0.453. The van der Waals surface area contributed by atoms with Gasteiger partial charge in [-0.25, -0.2) is 0 Å². The van der Waals surface area contributed by atoms with Crippen molar-refractivity contribution in [3.8, 4) is 17.2 Å². The van der Waals surface area contributed by atoms with E-state index in [1.807, 2.05) is 13.8 Å². The highest BCUT2D eigenvalue weighted by Crippen LogP contribution is 2.34. The lowest BCUT2D eigenvalue weighted by Gasteiger charge is -2.13. The fraction of sp³-hybridized carbons (Fsp3) is 0.417. The number of benzene rings is 1. The first-order valence-electron chi connectivity index (χ1n) is 5.19. The lowest BCUT2D eigenvalue weighted by molar-refractivity contribution is 0.112. The van der Waals surface area contributed by atoms with Gasteiger partial charge in [0.2, 0.25) is 0 Å². The molecule has 0 aliphatic carbocycles. The molecule has 1 aromatic rings. The summed E-state index contributed by atoms with van der Waals surface area (Å²) in [6.45, 7) is 4.81. The predicted molar refractivity (Wildman–Crippen MR) is 60.7 cm³/mol. The molecule has 0 amide bonds. The second kappa shape index (κ2) is 6.00. The molecule has 0 aromatic heterocycles. The average Bonchev–Trinajstić information content (AvgIpc) is 2.31. The number of hydrogen-bond acceptors (Lipinski definition) is 4. The van der Waals surface area contributed by atoms with E-state index in [1.54, 1.807) is 12.1 Å². The Bertz CT molecular complexity index is 360. The molecule has 0 heterocycles. The Balaban J connectivity index is 3.17. The normalized spacial score (nSPS) is 9.69. The summed E-state index contributed by atoms with van der Waals surface area (Å²) >= 11 is 0. The van der Waals surface area contributed by atoms with Gasteiger partial charge in [0, 0.05) is 6.07 Å². The summed E-state index contributed by atoms with van der Waals surface area (Å²) in [7, 11) is 1.51. The van der Waals surface area contributed by atoms with Crippen molar-refractivity contribution in [2.24, 2.45) is 0 Å². The number of aldehydes is 1. The summed E-state index contributed by atoms with van der Waals surface area (Å²) in [5.74, 6) is 1.64. The van der Waals surface area contributed by atoms with Crippen molar-refractivity contribution in [1.82, 2.24) is 0 Å². The van der Waals surface area contributed by atoms with Gasteiger partial charge in [0.25, 0.3) is 0 Å². The van der Waals surface area contributed by atoms with Crippen LogP contribution < -0.4 is 14.2 Å². The molecule has 0 aliphatic heterocycles. The SMILES string of the molecule is CCOc1cc(C=O)c(OC)cc1OCC. The van der Waals surface area contributed by atoms with Gasteiger partial charge in [0.15, 0.2) is 17.8 Å². The molecule has 4 heteroatoms. The van der Waals surface area contributed by atoms with Gasteiger partial charge in [-0.05, 0) is 19.9 Å². The van der Waals surface area contributed by atoms with Crippen LogP contribution in [0, 0.1) is 0 Å². The summed E-state index contributed by atoms with van der Waals surface area (Å²) in [5.41, 5.74) is 0.453. The molecule has 0 saturated carbocycles. The van der Waals surface area contributed by atoms with Gasteiger partial charge in [-0.3, -0.25) is 4.79 Å². The number of carbonyl (C=O) groups excluding carboxylic acids is 1. The zero-order valence-electron chi connectivity index (χ0n) is 9.78. The minimum absolute atomic E-state index is 0.453. The number of ether oxygens (including phenoxy) is 3. The fourth-order valence-electron chi connectivity index (χ4n) is 1.36. The molecule has 4 nitrogen and oxygen atoms in total. The van der Waals surface area contributed by atoms with Gasteiger partial charge in [0.1, 0.15) is 5.75 Å². The molecule has 0 radical (unpaired) electrons. The second-order valence-electron chi connectivity index (χ2n) is 3.02. The molecular formula is C12H16O4. The standard InChI is InChI=1S/C12H16O4/c1-4-15-11-6-9(8-13)10(14-3)7-12(11)16-5-2/h6-8H,4-5H2,1-3H3. The van der Waals surface area contributed by atoms with Crippen LogP contribution in [0.3, 0.4) is 0 Å². The third-order valence-electron chi connectivity index (χ3n) is 2.02. The summed E-state index contributed by atoms with van der Waals surface area (Å²) in [4.78, 5) is 10.8. The molecule has 0 unspecified atom stereocenters. The topological polar surface area (TPSA) is 44.8 Å². The monoisotopic (exact) mass is 224 g/mol. The lowest BCUT2D eigenvalue weighted by atomic mass is 10.2. The van der Waals surface area contributed by atoms with Crippen molar-refractivity contribution in [2.45, 2.75) is 13.8 Å². The Labute approximate surface area is 95.1 Å². The maximum absolute atomic E-state index is 10.8. The van der Waals surface area contributed by atoms with Crippen LogP contribution in [-0.4, -0.2) is 26.6 Å². The third-order valence-corrected chi connectivity index (χ3v) is 2.02. The number of methoxy groups -OCH3 is 1. The highest BCUT2D eigenvalue weighted by Gasteiger charge is 2.11. The van der Waals surface area contributed by atoms with Gasteiger partial charge in [-0.15, -0.1) is 0 Å². The van der Waals surface area contributed by atoms with Gasteiger partial charge in [0.05, 0.1) is 25.9 Å². The Kier molecular flexibility index (Phi) is 4.64. The molecule has 0 N–H and O–H groups in total. The van der Waals surface area contributed by atoms with E-state index in [4.69, 9.17) is 14.2 Å². The zero-order chi connectivity index (χ0) is 12.0. The maximum Gasteiger partial charge on any atom is 0.164 e. The van der Waals surface area contributed by atoms with Crippen LogP contribution in [0.15, 0.2) is 12.1 Å². The van der Waals surface area contributed by atoms with Gasteiger partial charge in [-0.2, -0.15) is 0 Å². The van der Waals surface area contributed by atoms with Gasteiger partial charge < -0.3 is 14.2 Å². The molecule has 0 bridgehead atoms. The Morgan fingerprint density at radius 3 is 2.06 bits per heavy atom. The average molecular weight is 224 g/mol. The van der Waals surface area contributed by atoms with E-state index in [9.17, 15) is 4.79 Å². The summed E-state index contributed by atoms with van der Waals surface area (Å²) in [5, 5.41) is 0. The van der Waals surface area contributed by atoms with E-state index in [-0.39, 0.29) is 0 Å². The first-order chi connectivity index (χ1) is 7.76. The Morgan fingerprint density at radius 2 is 1.62 bits per heavy atom. The molecule has 88 valence electrons. The van der Waals surface area contributed by atoms with E-state index < -0.39 is 0 Å². The van der Waals surface area contributed by atoms with Crippen LogP contribution in [0.25, 0.3) is 0 Å². The van der Waals surface area contributed by atoms with E-state index in [0.717, 1.165) is 6.29 Å². The summed E-state index contributed by atoms with van der Waals surface area (Å²) in [6.07, 6.45) is 0.733. The van der Waals surface area contributed by atoms with Crippen molar-refractivity contribution in [1.29, 1.82) is 0 Å². The highest BCUT2D eigenvalue weighted by atomic mass is 16.5. The highest BCUT2D eigenvalue weighted by molar-refractivity contribution is 5.81. The quantitative estimate of drug-likeness (QED) is 0.695. The molecule has 16 heavy (non-hydrogen) atoms. The first kappa shape index (κ1) is 12.4. The third kappa shape index (κ3) is 2.66. The van der Waals surface area contributed by atoms with Crippen LogP contribution in [0.2, 0.25) is 0 Å². The minimum Gasteiger partial charge on any atom is -0.496 e. The molecule has 1 rings (SSSR count). The smallest absolute Gasteiger partial charge is 0.164 e. The van der Waals surface area contributed by atoms with Gasteiger partial charge >= 0.3 is 0 Å². The predicted octanol–water partition coefficient (Wildman–Crippen LogP) is 2.31. The van der Waals surface area contributed by atoms with Crippen LogP contribution >= 0.6 is 0 Å². The number of carbonyl (C=O) groups is 1. The fourth-order valence-corrected chi connectivity index (χ4v) is 1.36. The van der Waals surface area contributed by atoms with Crippen molar-refractivity contribution in [2.75, 3.05) is 20.3 Å². The number of rotatable bonds is 6. The lowest BCUT2D eigenvalue weighted by Crippen LogP contribution is -2.01. The number of hydrogen-bond donors (Lipinski definition) is 0. The van der Waals surface area contributed by atoms with Gasteiger partial charge in [-0.1, -0.05) is 0 Å². The van der Waals surface area contributed by atoms with Crippen LogP contribution in [0.4, 0.5) is 0 Å². The molecule has 0 saturated heterocycles. The van der Waals surface area contributed by atoms with E-state index >= 15 is 0 Å². The first-order valence-corrected chi connectivity index (χ1v) is 5.19. The van der Waals surface area contributed by atoms with Crippen LogP contribution in [0.1, 0.15) is 24.2 Å². The molecule has 0 atom stereocenters. The molecule has 0 fully saturated rings. The maximum atomic E-state index is 10.8. The van der Waals surface area contributed by atoms with Crippen molar-refractivity contribution < 1.29 is 19.0 Å². The van der Waals surface area contributed by atoms with Crippen molar-refractivity contribution in [3.63, 3.8) is 0 Å².